The fraction of sp³-hybridized carbons (Fsp3) is 0.115. The lowest BCUT2D eigenvalue weighted by Crippen LogP contribution is -2.08. The molecule has 32 heavy (non-hydrogen) atoms. The van der Waals surface area contributed by atoms with Crippen LogP contribution in [0.5, 0.6) is 5.75 Å². The van der Waals surface area contributed by atoms with Gasteiger partial charge in [-0.3, -0.25) is 4.79 Å². The van der Waals surface area contributed by atoms with Crippen LogP contribution in [-0.4, -0.2) is 23.8 Å². The summed E-state index contributed by atoms with van der Waals surface area (Å²) < 4.78 is 11.9. The molecule has 4 rings (SSSR count). The largest absolute Gasteiger partial charge is 0.496 e. The van der Waals surface area contributed by atoms with E-state index in [1.807, 2.05) is 48.5 Å². The van der Waals surface area contributed by atoms with E-state index in [-0.39, 0.29) is 12.4 Å². The third-order valence-electron chi connectivity index (χ3n) is 5.10. The van der Waals surface area contributed by atoms with Gasteiger partial charge < -0.3 is 9.47 Å². The van der Waals surface area contributed by atoms with Gasteiger partial charge in [-0.2, -0.15) is 0 Å². The highest BCUT2D eigenvalue weighted by Crippen LogP contribution is 2.28. The summed E-state index contributed by atoms with van der Waals surface area (Å²) in [4.78, 5) is 29.6. The second kappa shape index (κ2) is 9.32. The number of rotatable bonds is 6. The Kier molecular flexibility index (Phi) is 6.32. The number of fused-ring (bicyclic) bond motifs is 1. The molecule has 0 unspecified atom stereocenters. The average molecular weight is 490 g/mol. The number of carbonyl (C=O) groups is 2. The first-order valence-electron chi connectivity index (χ1n) is 9.97. The second-order valence-electron chi connectivity index (χ2n) is 7.24. The van der Waals surface area contributed by atoms with E-state index in [1.54, 1.807) is 24.3 Å². The zero-order valence-corrected chi connectivity index (χ0v) is 19.2. The molecule has 0 bridgehead atoms. The minimum Gasteiger partial charge on any atom is -0.496 e. The Morgan fingerprint density at radius 2 is 1.78 bits per heavy atom. The predicted octanol–water partition coefficient (Wildman–Crippen LogP) is 6.23. The molecule has 1 aromatic heterocycles. The van der Waals surface area contributed by atoms with Crippen molar-refractivity contribution in [1.82, 2.24) is 4.98 Å². The number of pyridine rings is 1. The monoisotopic (exact) mass is 489 g/mol. The van der Waals surface area contributed by atoms with Gasteiger partial charge in [0.05, 0.1) is 23.9 Å². The first kappa shape index (κ1) is 21.7. The maximum Gasteiger partial charge on any atom is 0.339 e. The van der Waals surface area contributed by atoms with Crippen LogP contribution in [0.15, 0.2) is 77.3 Å². The summed E-state index contributed by atoms with van der Waals surface area (Å²) in [5, 5.41) is 0.709. The number of carbonyl (C=O) groups excluding carboxylic acids is 2. The molecule has 0 amide bonds. The van der Waals surface area contributed by atoms with Crippen LogP contribution in [0, 0.1) is 0 Å². The van der Waals surface area contributed by atoms with E-state index in [1.165, 1.54) is 14.0 Å². The highest BCUT2D eigenvalue weighted by atomic mass is 79.9. The van der Waals surface area contributed by atoms with Crippen molar-refractivity contribution in [3.05, 3.63) is 94.0 Å². The molecule has 160 valence electrons. The van der Waals surface area contributed by atoms with Gasteiger partial charge in [0.1, 0.15) is 12.4 Å². The Hall–Kier alpha value is -3.51. The Morgan fingerprint density at radius 1 is 0.969 bits per heavy atom. The molecule has 4 aromatic rings. The number of nitrogens with zero attached hydrogens (tertiary/aromatic N) is 1. The van der Waals surface area contributed by atoms with Crippen LogP contribution in [0.4, 0.5) is 0 Å². The fourth-order valence-electron chi connectivity index (χ4n) is 3.47. The van der Waals surface area contributed by atoms with E-state index in [2.05, 4.69) is 15.9 Å². The predicted molar refractivity (Wildman–Crippen MR) is 127 cm³/mol. The molecule has 0 N–H and O–H groups in total. The van der Waals surface area contributed by atoms with Crippen LogP contribution in [-0.2, 0) is 11.3 Å². The lowest BCUT2D eigenvalue weighted by atomic mass is 10.0. The Balaban J connectivity index is 1.70. The van der Waals surface area contributed by atoms with Crippen LogP contribution >= 0.6 is 15.9 Å². The molecule has 0 aliphatic heterocycles. The van der Waals surface area contributed by atoms with Crippen LogP contribution in [0.2, 0.25) is 0 Å². The fourth-order valence-corrected chi connectivity index (χ4v) is 3.87. The molecular weight excluding hydrogens is 470 g/mol. The molecule has 1 heterocycles. The van der Waals surface area contributed by atoms with Crippen LogP contribution in [0.3, 0.4) is 0 Å². The molecule has 0 radical (unpaired) electrons. The summed E-state index contributed by atoms with van der Waals surface area (Å²) in [6, 6.07) is 22.0. The molecule has 6 heteroatoms. The number of para-hydroxylation sites is 1. The highest BCUT2D eigenvalue weighted by Gasteiger charge is 2.17. The Morgan fingerprint density at radius 3 is 2.53 bits per heavy atom. The molecule has 0 aliphatic rings. The maximum absolute atomic E-state index is 13.1. The van der Waals surface area contributed by atoms with E-state index in [4.69, 9.17) is 14.5 Å². The van der Waals surface area contributed by atoms with Crippen molar-refractivity contribution in [2.24, 2.45) is 0 Å². The molecule has 0 aliphatic carbocycles. The highest BCUT2D eigenvalue weighted by molar-refractivity contribution is 9.10. The van der Waals surface area contributed by atoms with E-state index in [0.717, 1.165) is 10.0 Å². The summed E-state index contributed by atoms with van der Waals surface area (Å²) in [6.07, 6.45) is 0. The van der Waals surface area contributed by atoms with E-state index in [9.17, 15) is 9.59 Å². The number of hydrogen-bond acceptors (Lipinski definition) is 5. The molecule has 0 fully saturated rings. The summed E-state index contributed by atoms with van der Waals surface area (Å²) in [6.45, 7) is 1.47. The maximum atomic E-state index is 13.1. The average Bonchev–Trinajstić information content (AvgIpc) is 2.81. The van der Waals surface area contributed by atoms with Crippen molar-refractivity contribution in [2.45, 2.75) is 13.5 Å². The van der Waals surface area contributed by atoms with Crippen molar-refractivity contribution in [3.63, 3.8) is 0 Å². The lowest BCUT2D eigenvalue weighted by molar-refractivity contribution is 0.0472. The molecule has 0 spiro atoms. The summed E-state index contributed by atoms with van der Waals surface area (Å²) >= 11 is 3.48. The van der Waals surface area contributed by atoms with Gasteiger partial charge in [-0.15, -0.1) is 0 Å². The van der Waals surface area contributed by atoms with Crippen molar-refractivity contribution in [3.8, 4) is 17.0 Å². The summed E-state index contributed by atoms with van der Waals surface area (Å²) in [5.74, 6) is 0.00589. The summed E-state index contributed by atoms with van der Waals surface area (Å²) in [7, 11) is 1.54. The molecule has 0 atom stereocenters. The number of hydrogen-bond donors (Lipinski definition) is 0. The molecule has 0 saturated carbocycles. The Labute approximate surface area is 194 Å². The van der Waals surface area contributed by atoms with Gasteiger partial charge in [0.2, 0.25) is 0 Å². The standard InChI is InChI=1S/C26H20BrNO4/c1-16(29)17-10-11-25(31-2)19(12-17)15-32-26(30)22-14-24(18-6-5-7-20(27)13-18)28-23-9-4-3-8-21(22)23/h3-14H,15H2,1-2H3. The van der Waals surface area contributed by atoms with Crippen LogP contribution in [0.1, 0.15) is 33.2 Å². The van der Waals surface area contributed by atoms with Gasteiger partial charge in [0, 0.05) is 26.5 Å². The molecule has 0 saturated heterocycles. The number of halogens is 1. The topological polar surface area (TPSA) is 65.5 Å². The number of ketones is 1. The molecule has 3 aromatic carbocycles. The minimum absolute atomic E-state index is 0.0218. The summed E-state index contributed by atoms with van der Waals surface area (Å²) in [5.41, 5.74) is 3.84. The van der Waals surface area contributed by atoms with E-state index >= 15 is 0 Å². The van der Waals surface area contributed by atoms with Gasteiger partial charge in [-0.05, 0) is 49.4 Å². The van der Waals surface area contributed by atoms with Crippen molar-refractivity contribution in [2.75, 3.05) is 7.11 Å². The molecular formula is C26H20BrNO4. The number of esters is 1. The number of benzene rings is 3. The van der Waals surface area contributed by atoms with Crippen LogP contribution in [0.25, 0.3) is 22.2 Å². The van der Waals surface area contributed by atoms with E-state index < -0.39 is 5.97 Å². The third-order valence-corrected chi connectivity index (χ3v) is 5.60. The van der Waals surface area contributed by atoms with Gasteiger partial charge in [-0.1, -0.05) is 46.3 Å². The third kappa shape index (κ3) is 4.55. The van der Waals surface area contributed by atoms with E-state index in [0.29, 0.717) is 39.0 Å². The normalized spacial score (nSPS) is 10.7. The van der Waals surface area contributed by atoms with Gasteiger partial charge in [-0.25, -0.2) is 9.78 Å². The second-order valence-corrected chi connectivity index (χ2v) is 8.16. The zero-order chi connectivity index (χ0) is 22.7. The van der Waals surface area contributed by atoms with Crippen molar-refractivity contribution in [1.29, 1.82) is 0 Å². The van der Waals surface area contributed by atoms with Crippen molar-refractivity contribution >= 4 is 38.6 Å². The first-order valence-corrected chi connectivity index (χ1v) is 10.8. The quantitative estimate of drug-likeness (QED) is 0.237. The number of ether oxygens (including phenoxy) is 2. The SMILES string of the molecule is COc1ccc(C(C)=O)cc1COC(=O)c1cc(-c2cccc(Br)c2)nc2ccccc12. The van der Waals surface area contributed by atoms with Crippen molar-refractivity contribution < 1.29 is 19.1 Å². The minimum atomic E-state index is -0.477. The Bertz CT molecular complexity index is 1330. The zero-order valence-electron chi connectivity index (χ0n) is 17.6. The first-order chi connectivity index (χ1) is 15.5. The number of aromatic nitrogens is 1. The molecule has 5 nitrogen and oxygen atoms in total. The number of methoxy groups -OCH3 is 1. The van der Waals surface area contributed by atoms with Gasteiger partial charge in [0.15, 0.2) is 5.78 Å². The lowest BCUT2D eigenvalue weighted by Gasteiger charge is -2.13. The van der Waals surface area contributed by atoms with Crippen LogP contribution < -0.4 is 4.74 Å². The smallest absolute Gasteiger partial charge is 0.339 e. The van der Waals surface area contributed by atoms with Gasteiger partial charge >= 0.3 is 5.97 Å². The van der Waals surface area contributed by atoms with Gasteiger partial charge in [0.25, 0.3) is 0 Å². The number of Topliss-reactive ketones (excluding diaryl/α,β-unsaturated/α-hetero) is 1.